The minimum Gasteiger partial charge on any atom is -0.246 e. The average Bonchev–Trinajstić information content (AvgIpc) is 2.26. The van der Waals surface area contributed by atoms with E-state index in [1.54, 1.807) is 24.3 Å². The minimum absolute atomic E-state index is 0.0420. The van der Waals surface area contributed by atoms with Crippen molar-refractivity contribution in [2.75, 3.05) is 13.1 Å². The molecule has 0 radical (unpaired) electrons. The van der Waals surface area contributed by atoms with E-state index in [0.29, 0.717) is 13.0 Å². The Labute approximate surface area is 114 Å². The molecule has 1 aliphatic rings. The number of halogens is 1. The molecule has 1 atom stereocenters. The highest BCUT2D eigenvalue weighted by atomic mass is 32.2. The summed E-state index contributed by atoms with van der Waals surface area (Å²) in [4.78, 5) is 0.239. The molecule has 1 aromatic rings. The molecule has 3 nitrogen and oxygen atoms in total. The molecule has 1 saturated heterocycles. The van der Waals surface area contributed by atoms with E-state index in [-0.39, 0.29) is 16.9 Å². The van der Waals surface area contributed by atoms with Gasteiger partial charge in [-0.3, -0.25) is 0 Å². The number of hydrogen-bond acceptors (Lipinski definition) is 2. The Morgan fingerprint density at radius 3 is 2.37 bits per heavy atom. The quantitative estimate of drug-likeness (QED) is 0.838. The van der Waals surface area contributed by atoms with Crippen molar-refractivity contribution in [3.63, 3.8) is 0 Å². The van der Waals surface area contributed by atoms with Crippen LogP contribution in [0.25, 0.3) is 0 Å². The molecule has 5 heteroatoms. The van der Waals surface area contributed by atoms with Gasteiger partial charge in [-0.05, 0) is 30.9 Å². The Hall–Kier alpha value is -0.940. The van der Waals surface area contributed by atoms with Gasteiger partial charge in [0.25, 0.3) is 0 Å². The lowest BCUT2D eigenvalue weighted by Crippen LogP contribution is -2.48. The molecule has 1 heterocycles. The predicted octanol–water partition coefficient (Wildman–Crippen LogP) is 2.75. The van der Waals surface area contributed by atoms with Gasteiger partial charge in [0.1, 0.15) is 6.17 Å². The summed E-state index contributed by atoms with van der Waals surface area (Å²) in [5, 5.41) is 0. The Morgan fingerprint density at radius 2 is 1.84 bits per heavy atom. The molecule has 0 N–H and O–H groups in total. The molecule has 1 aromatic carbocycles. The predicted molar refractivity (Wildman–Crippen MR) is 73.2 cm³/mol. The summed E-state index contributed by atoms with van der Waals surface area (Å²) in [5.41, 5.74) is 0.677. The highest BCUT2D eigenvalue weighted by Gasteiger charge is 2.38. The summed E-state index contributed by atoms with van der Waals surface area (Å²) in [7, 11) is -3.59. The first kappa shape index (κ1) is 14.5. The maximum Gasteiger partial charge on any atom is 0.243 e. The van der Waals surface area contributed by atoms with E-state index in [9.17, 15) is 12.8 Å². The summed E-state index contributed by atoms with van der Waals surface area (Å²) in [6.45, 7) is 6.02. The summed E-state index contributed by atoms with van der Waals surface area (Å²) >= 11 is 0. The highest BCUT2D eigenvalue weighted by molar-refractivity contribution is 7.89. The van der Waals surface area contributed by atoms with Gasteiger partial charge in [-0.15, -0.1) is 0 Å². The zero-order valence-corrected chi connectivity index (χ0v) is 12.4. The van der Waals surface area contributed by atoms with Crippen molar-refractivity contribution in [1.82, 2.24) is 4.31 Å². The van der Waals surface area contributed by atoms with Crippen LogP contribution in [-0.2, 0) is 10.0 Å². The van der Waals surface area contributed by atoms with Gasteiger partial charge in [-0.2, -0.15) is 4.31 Å². The fourth-order valence-corrected chi connectivity index (χ4v) is 4.19. The monoisotopic (exact) mass is 285 g/mol. The van der Waals surface area contributed by atoms with Gasteiger partial charge < -0.3 is 0 Å². The highest BCUT2D eigenvalue weighted by Crippen LogP contribution is 2.33. The van der Waals surface area contributed by atoms with Crippen molar-refractivity contribution >= 4 is 10.0 Å². The van der Waals surface area contributed by atoms with Gasteiger partial charge in [0.2, 0.25) is 10.0 Å². The average molecular weight is 285 g/mol. The van der Waals surface area contributed by atoms with E-state index >= 15 is 0 Å². The summed E-state index contributed by atoms with van der Waals surface area (Å²) in [6, 6.07) is 6.68. The molecule has 0 aromatic heterocycles. The Kier molecular flexibility index (Phi) is 3.71. The van der Waals surface area contributed by atoms with E-state index in [1.165, 1.54) is 4.31 Å². The van der Waals surface area contributed by atoms with Crippen LogP contribution in [0.3, 0.4) is 0 Å². The standard InChI is InChI=1S/C14H20FNO2S/c1-11-4-6-13(7-5-11)19(17,18)16-9-12(15)8-14(2,3)10-16/h4-7,12H,8-10H2,1-3H3/t12-/m0/s1. The number of hydrogen-bond donors (Lipinski definition) is 0. The van der Waals surface area contributed by atoms with E-state index < -0.39 is 16.2 Å². The van der Waals surface area contributed by atoms with Crippen LogP contribution in [0, 0.1) is 12.3 Å². The molecule has 1 fully saturated rings. The van der Waals surface area contributed by atoms with Gasteiger partial charge in [-0.25, -0.2) is 12.8 Å². The van der Waals surface area contributed by atoms with Crippen LogP contribution in [0.15, 0.2) is 29.2 Å². The second-order valence-electron chi connectivity index (χ2n) is 6.08. The number of sulfonamides is 1. The van der Waals surface area contributed by atoms with Crippen LogP contribution in [0.2, 0.25) is 0 Å². The second-order valence-corrected chi connectivity index (χ2v) is 8.01. The fraction of sp³-hybridized carbons (Fsp3) is 0.571. The molecule has 0 aliphatic carbocycles. The van der Waals surface area contributed by atoms with E-state index in [0.717, 1.165) is 5.56 Å². The zero-order chi connectivity index (χ0) is 14.3. The molecule has 0 saturated carbocycles. The molecule has 19 heavy (non-hydrogen) atoms. The van der Waals surface area contributed by atoms with Crippen LogP contribution in [0.5, 0.6) is 0 Å². The zero-order valence-electron chi connectivity index (χ0n) is 11.6. The van der Waals surface area contributed by atoms with Gasteiger partial charge >= 0.3 is 0 Å². The maximum absolute atomic E-state index is 13.7. The Balaban J connectivity index is 2.31. The first-order valence-electron chi connectivity index (χ1n) is 6.42. The van der Waals surface area contributed by atoms with Crippen molar-refractivity contribution in [2.45, 2.75) is 38.3 Å². The number of piperidine rings is 1. The Bertz CT molecular complexity index is 551. The molecule has 2 rings (SSSR count). The number of rotatable bonds is 2. The van der Waals surface area contributed by atoms with Crippen molar-refractivity contribution < 1.29 is 12.8 Å². The van der Waals surface area contributed by atoms with Gasteiger partial charge in [0.05, 0.1) is 4.90 Å². The molecule has 0 bridgehead atoms. The van der Waals surface area contributed by atoms with Gasteiger partial charge in [-0.1, -0.05) is 31.5 Å². The van der Waals surface area contributed by atoms with Crippen LogP contribution < -0.4 is 0 Å². The lowest BCUT2D eigenvalue weighted by Gasteiger charge is -2.38. The van der Waals surface area contributed by atoms with E-state index in [2.05, 4.69) is 0 Å². The number of aryl methyl sites for hydroxylation is 1. The normalized spacial score (nSPS) is 24.3. The van der Waals surface area contributed by atoms with Crippen molar-refractivity contribution in [3.8, 4) is 0 Å². The topological polar surface area (TPSA) is 37.4 Å². The van der Waals surface area contributed by atoms with Crippen LogP contribution in [0.4, 0.5) is 4.39 Å². The van der Waals surface area contributed by atoms with Gasteiger partial charge in [0.15, 0.2) is 0 Å². The lowest BCUT2D eigenvalue weighted by atomic mass is 9.84. The SMILES string of the molecule is Cc1ccc(S(=O)(=O)N2C[C@@H](F)CC(C)(C)C2)cc1. The first-order chi connectivity index (χ1) is 8.71. The van der Waals surface area contributed by atoms with Crippen molar-refractivity contribution in [2.24, 2.45) is 5.41 Å². The summed E-state index contributed by atoms with van der Waals surface area (Å²) < 4.78 is 40.0. The third-order valence-electron chi connectivity index (χ3n) is 3.44. The van der Waals surface area contributed by atoms with Crippen LogP contribution in [0.1, 0.15) is 25.8 Å². The molecule has 106 valence electrons. The number of benzene rings is 1. The molecule has 1 aliphatic heterocycles. The smallest absolute Gasteiger partial charge is 0.243 e. The first-order valence-corrected chi connectivity index (χ1v) is 7.86. The van der Waals surface area contributed by atoms with Crippen molar-refractivity contribution in [1.29, 1.82) is 0 Å². The summed E-state index contributed by atoms with van der Waals surface area (Å²) in [5.74, 6) is 0. The molecular formula is C14H20FNO2S. The van der Waals surface area contributed by atoms with Crippen LogP contribution >= 0.6 is 0 Å². The number of nitrogens with zero attached hydrogens (tertiary/aromatic N) is 1. The third kappa shape index (κ3) is 3.15. The third-order valence-corrected chi connectivity index (χ3v) is 5.26. The van der Waals surface area contributed by atoms with Gasteiger partial charge in [0, 0.05) is 13.1 Å². The summed E-state index contributed by atoms with van der Waals surface area (Å²) in [6.07, 6.45) is -0.684. The molecular weight excluding hydrogens is 265 g/mol. The minimum atomic E-state index is -3.59. The molecule has 0 amide bonds. The largest absolute Gasteiger partial charge is 0.246 e. The Morgan fingerprint density at radius 1 is 1.26 bits per heavy atom. The van der Waals surface area contributed by atoms with Crippen molar-refractivity contribution in [3.05, 3.63) is 29.8 Å². The second kappa shape index (κ2) is 4.87. The van der Waals surface area contributed by atoms with E-state index in [4.69, 9.17) is 0 Å². The maximum atomic E-state index is 13.7. The molecule has 0 spiro atoms. The molecule has 0 unspecified atom stereocenters. The number of alkyl halides is 1. The van der Waals surface area contributed by atoms with Crippen LogP contribution in [-0.4, -0.2) is 32.0 Å². The van der Waals surface area contributed by atoms with E-state index in [1.807, 2.05) is 20.8 Å². The lowest BCUT2D eigenvalue weighted by molar-refractivity contribution is 0.101. The fourth-order valence-electron chi connectivity index (χ4n) is 2.53.